The average molecular weight is 214 g/mol. The molecule has 0 atom stereocenters. The van der Waals surface area contributed by atoms with Gasteiger partial charge in [-0.1, -0.05) is 44.2 Å². The molecule has 0 aliphatic rings. The van der Waals surface area contributed by atoms with Gasteiger partial charge in [-0.3, -0.25) is 4.79 Å². The number of amides is 1. The lowest BCUT2D eigenvalue weighted by atomic mass is 9.91. The van der Waals surface area contributed by atoms with E-state index in [0.29, 0.717) is 5.57 Å². The summed E-state index contributed by atoms with van der Waals surface area (Å²) in [5.74, 6) is -0.598. The second-order valence-corrected chi connectivity index (χ2v) is 3.79. The third-order valence-corrected chi connectivity index (χ3v) is 2.29. The molecule has 3 heteroatoms. The van der Waals surface area contributed by atoms with Crippen LogP contribution in [0.25, 0.3) is 5.57 Å². The molecule has 0 aromatic heterocycles. The van der Waals surface area contributed by atoms with Crippen molar-refractivity contribution < 1.29 is 4.79 Å². The van der Waals surface area contributed by atoms with E-state index in [9.17, 15) is 4.79 Å². The van der Waals surface area contributed by atoms with Gasteiger partial charge in [-0.05, 0) is 17.1 Å². The van der Waals surface area contributed by atoms with Crippen LogP contribution in [0.15, 0.2) is 35.9 Å². The lowest BCUT2D eigenvalue weighted by Gasteiger charge is -2.12. The second-order valence-electron chi connectivity index (χ2n) is 3.79. The molecule has 0 saturated carbocycles. The first-order valence-electron chi connectivity index (χ1n) is 5.07. The minimum absolute atomic E-state index is 0.0428. The number of nitrogens with two attached hydrogens (primary N) is 1. The number of carbonyl (C=O) groups excluding carboxylic acids is 1. The van der Waals surface area contributed by atoms with Crippen LogP contribution in [0, 0.1) is 17.2 Å². The fourth-order valence-corrected chi connectivity index (χ4v) is 1.63. The Morgan fingerprint density at radius 3 is 2.25 bits per heavy atom. The number of carbonyl (C=O) groups is 1. The second kappa shape index (κ2) is 5.13. The summed E-state index contributed by atoms with van der Waals surface area (Å²) in [4.78, 5) is 11.2. The number of primary amides is 1. The van der Waals surface area contributed by atoms with E-state index < -0.39 is 5.91 Å². The zero-order chi connectivity index (χ0) is 12.1. The van der Waals surface area contributed by atoms with Gasteiger partial charge in [0.25, 0.3) is 5.91 Å². The third-order valence-electron chi connectivity index (χ3n) is 2.29. The molecular formula is C13H14N2O. The van der Waals surface area contributed by atoms with Crippen molar-refractivity contribution >= 4 is 11.5 Å². The molecule has 3 nitrogen and oxygen atoms in total. The average Bonchev–Trinajstić information content (AvgIpc) is 2.25. The number of nitriles is 1. The standard InChI is InChI=1S/C13H14N2O/c1-9(2)12(11(8-14)13(15)16)10-6-4-3-5-7-10/h3-7,9H,1-2H3,(H2,15,16)/b12-11-. The molecule has 0 aliphatic heterocycles. The normalized spacial score (nSPS) is 11.9. The maximum absolute atomic E-state index is 11.2. The van der Waals surface area contributed by atoms with Gasteiger partial charge in [0.05, 0.1) is 0 Å². The summed E-state index contributed by atoms with van der Waals surface area (Å²) in [6, 6.07) is 11.3. The molecule has 1 aromatic rings. The van der Waals surface area contributed by atoms with Gasteiger partial charge in [0.1, 0.15) is 11.6 Å². The highest BCUT2D eigenvalue weighted by Crippen LogP contribution is 2.26. The first kappa shape index (κ1) is 12.0. The Morgan fingerprint density at radius 1 is 1.31 bits per heavy atom. The Morgan fingerprint density at radius 2 is 1.88 bits per heavy atom. The van der Waals surface area contributed by atoms with Gasteiger partial charge in [0.2, 0.25) is 0 Å². The number of benzene rings is 1. The van der Waals surface area contributed by atoms with Crippen LogP contribution < -0.4 is 5.73 Å². The molecule has 0 fully saturated rings. The summed E-state index contributed by atoms with van der Waals surface area (Å²) in [6.45, 7) is 3.87. The van der Waals surface area contributed by atoms with Crippen LogP contribution in [0.2, 0.25) is 0 Å². The molecule has 0 spiro atoms. The van der Waals surface area contributed by atoms with Crippen molar-refractivity contribution in [3.63, 3.8) is 0 Å². The highest BCUT2D eigenvalue weighted by molar-refractivity contribution is 6.04. The Kier molecular flexibility index (Phi) is 3.84. The molecule has 0 aliphatic carbocycles. The van der Waals surface area contributed by atoms with Gasteiger partial charge in [0, 0.05) is 0 Å². The van der Waals surface area contributed by atoms with E-state index in [0.717, 1.165) is 5.56 Å². The molecule has 1 aromatic carbocycles. The summed E-state index contributed by atoms with van der Waals surface area (Å²) in [5, 5.41) is 8.97. The van der Waals surface area contributed by atoms with Crippen molar-refractivity contribution in [1.82, 2.24) is 0 Å². The molecule has 0 unspecified atom stereocenters. The van der Waals surface area contributed by atoms with Crippen molar-refractivity contribution in [3.05, 3.63) is 41.5 Å². The lowest BCUT2D eigenvalue weighted by Crippen LogP contribution is -2.16. The van der Waals surface area contributed by atoms with E-state index in [4.69, 9.17) is 11.0 Å². The van der Waals surface area contributed by atoms with Gasteiger partial charge in [-0.2, -0.15) is 5.26 Å². The van der Waals surface area contributed by atoms with Gasteiger partial charge in [-0.15, -0.1) is 0 Å². The van der Waals surface area contributed by atoms with Gasteiger partial charge in [0.15, 0.2) is 0 Å². The van der Waals surface area contributed by atoms with E-state index in [2.05, 4.69) is 0 Å². The van der Waals surface area contributed by atoms with E-state index in [1.807, 2.05) is 50.2 Å². The third kappa shape index (κ3) is 2.48. The number of hydrogen-bond acceptors (Lipinski definition) is 2. The predicted molar refractivity (Wildman–Crippen MR) is 63.0 cm³/mol. The first-order chi connectivity index (χ1) is 7.57. The van der Waals surface area contributed by atoms with Crippen LogP contribution in [0.4, 0.5) is 0 Å². The monoisotopic (exact) mass is 214 g/mol. The number of hydrogen-bond donors (Lipinski definition) is 1. The smallest absolute Gasteiger partial charge is 0.259 e. The fourth-order valence-electron chi connectivity index (χ4n) is 1.63. The maximum Gasteiger partial charge on any atom is 0.259 e. The molecule has 16 heavy (non-hydrogen) atoms. The predicted octanol–water partition coefficient (Wildman–Crippen LogP) is 2.11. The van der Waals surface area contributed by atoms with Crippen molar-refractivity contribution in [2.75, 3.05) is 0 Å². The Bertz CT molecular complexity index is 453. The number of rotatable bonds is 3. The van der Waals surface area contributed by atoms with Crippen molar-refractivity contribution in [2.24, 2.45) is 11.7 Å². The van der Waals surface area contributed by atoms with Crippen LogP contribution in [-0.4, -0.2) is 5.91 Å². The minimum Gasteiger partial charge on any atom is -0.365 e. The van der Waals surface area contributed by atoms with Crippen LogP contribution in [-0.2, 0) is 4.79 Å². The largest absolute Gasteiger partial charge is 0.365 e. The summed E-state index contributed by atoms with van der Waals surface area (Å²) in [6.07, 6.45) is 0. The van der Waals surface area contributed by atoms with Crippen LogP contribution >= 0.6 is 0 Å². The van der Waals surface area contributed by atoms with Crippen molar-refractivity contribution in [3.8, 4) is 6.07 Å². The topological polar surface area (TPSA) is 66.9 Å². The molecule has 1 amide bonds. The van der Waals surface area contributed by atoms with Crippen LogP contribution in [0.1, 0.15) is 19.4 Å². The summed E-state index contributed by atoms with van der Waals surface area (Å²) < 4.78 is 0. The quantitative estimate of drug-likeness (QED) is 0.618. The Balaban J connectivity index is 3.42. The molecule has 0 saturated heterocycles. The van der Waals surface area contributed by atoms with Crippen LogP contribution in [0.3, 0.4) is 0 Å². The van der Waals surface area contributed by atoms with E-state index in [1.165, 1.54) is 0 Å². The van der Waals surface area contributed by atoms with Gasteiger partial charge in [-0.25, -0.2) is 0 Å². The molecule has 82 valence electrons. The molecule has 0 bridgehead atoms. The van der Waals surface area contributed by atoms with Crippen molar-refractivity contribution in [1.29, 1.82) is 5.26 Å². The van der Waals surface area contributed by atoms with Gasteiger partial charge < -0.3 is 5.73 Å². The van der Waals surface area contributed by atoms with E-state index >= 15 is 0 Å². The summed E-state index contributed by atoms with van der Waals surface area (Å²) in [5.41, 5.74) is 6.82. The zero-order valence-corrected chi connectivity index (χ0v) is 9.40. The Labute approximate surface area is 95.2 Å². The minimum atomic E-state index is -0.671. The fraction of sp³-hybridized carbons (Fsp3) is 0.231. The summed E-state index contributed by atoms with van der Waals surface area (Å²) >= 11 is 0. The molecular weight excluding hydrogens is 200 g/mol. The first-order valence-corrected chi connectivity index (χ1v) is 5.07. The number of allylic oxidation sites excluding steroid dienone is 1. The van der Waals surface area contributed by atoms with E-state index in [-0.39, 0.29) is 11.5 Å². The maximum atomic E-state index is 11.2. The SMILES string of the molecule is CC(C)/C(=C(\C#N)C(N)=O)c1ccccc1. The molecule has 1 rings (SSSR count). The lowest BCUT2D eigenvalue weighted by molar-refractivity contribution is -0.114. The number of nitrogens with zero attached hydrogens (tertiary/aromatic N) is 1. The highest BCUT2D eigenvalue weighted by atomic mass is 16.1. The molecule has 2 N–H and O–H groups in total. The molecule has 0 radical (unpaired) electrons. The highest BCUT2D eigenvalue weighted by Gasteiger charge is 2.16. The zero-order valence-electron chi connectivity index (χ0n) is 9.40. The van der Waals surface area contributed by atoms with Gasteiger partial charge >= 0.3 is 0 Å². The van der Waals surface area contributed by atoms with E-state index in [1.54, 1.807) is 0 Å². The van der Waals surface area contributed by atoms with Crippen molar-refractivity contribution in [2.45, 2.75) is 13.8 Å². The summed E-state index contributed by atoms with van der Waals surface area (Å²) in [7, 11) is 0. The van der Waals surface area contributed by atoms with Crippen LogP contribution in [0.5, 0.6) is 0 Å². The molecule has 0 heterocycles. The Hall–Kier alpha value is -2.08.